The zero-order valence-electron chi connectivity index (χ0n) is 66.5. The number of carbonyl (C=O) groups is 16. The number of primary amides is 3. The summed E-state index contributed by atoms with van der Waals surface area (Å²) in [6, 6.07) is -20.1. The van der Waals surface area contributed by atoms with Gasteiger partial charge in [0.2, 0.25) is 76.8 Å². The third-order valence-corrected chi connectivity index (χ3v) is 21.2. The van der Waals surface area contributed by atoms with E-state index >= 15 is 19.2 Å². The molecule has 2 fully saturated rings. The molecule has 0 bridgehead atoms. The first-order valence-electron chi connectivity index (χ1n) is 38.0. The second-order valence-corrected chi connectivity index (χ2v) is 30.1. The number of piperidine rings is 1. The quantitative estimate of drug-likeness (QED) is 0.0256. The highest BCUT2D eigenvalue weighted by atomic mass is 16.5. The molecule has 0 aromatic heterocycles. The van der Waals surface area contributed by atoms with Gasteiger partial charge in [-0.05, 0) is 120 Å². The fourth-order valence-electron chi connectivity index (χ4n) is 12.9. The number of cyclic esters (lactones) is 1. The Labute approximate surface area is 648 Å². The van der Waals surface area contributed by atoms with E-state index in [-0.39, 0.29) is 82.8 Å². The molecule has 2 heterocycles. The van der Waals surface area contributed by atoms with Crippen molar-refractivity contribution in [3.8, 4) is 0 Å². The van der Waals surface area contributed by atoms with Crippen molar-refractivity contribution in [1.29, 1.82) is 0 Å². The number of nitrogens with one attached hydrogen (secondary N) is 9. The first-order valence-corrected chi connectivity index (χ1v) is 38.0. The molecule has 0 aromatic rings. The zero-order chi connectivity index (χ0) is 84.8. The highest BCUT2D eigenvalue weighted by molar-refractivity contribution is 6.00. The number of methoxy groups -OCH3 is 1. The van der Waals surface area contributed by atoms with Crippen molar-refractivity contribution in [2.24, 2.45) is 76.0 Å². The SMILES string of the molecule is CCC(C)C(C)C(O)C(C)C(=O)NC(CCCN)C(=O)NC(CCC(N)=O)C(O)C(O)C(=O)NC(C(=O)NC1C(=O)NC(CO)C(=O)NC(CCCN)C(=O)NC(CC(C)C)C(=O)N(C)C(CCC(N)=O)C(=O)NC(C(C)OC)C(=O)NC(CC(=O)O)C(=O)N2CCCCC2C(=O)OC1C(C)C(C)C)C(C)C(C)C(N)=O. The lowest BCUT2D eigenvalue weighted by molar-refractivity contribution is -0.168. The Morgan fingerprint density at radius 1 is 0.631 bits per heavy atom. The summed E-state index contributed by atoms with van der Waals surface area (Å²) in [6.07, 6.45) is -12.3. The Hall–Kier alpha value is -8.76. The Morgan fingerprint density at radius 2 is 1.22 bits per heavy atom. The maximum absolute atomic E-state index is 15.5. The van der Waals surface area contributed by atoms with Gasteiger partial charge in [0.15, 0.2) is 6.10 Å². The molecule has 0 saturated carbocycles. The maximum atomic E-state index is 15.5. The molecule has 14 amide bonds. The van der Waals surface area contributed by atoms with Gasteiger partial charge in [-0.25, -0.2) is 4.79 Å². The molecule has 22 unspecified atom stereocenters. The van der Waals surface area contributed by atoms with Crippen LogP contribution < -0.4 is 76.5 Å². The molecule has 2 aliphatic rings. The van der Waals surface area contributed by atoms with Gasteiger partial charge in [-0.3, -0.25) is 71.9 Å². The summed E-state index contributed by atoms with van der Waals surface area (Å²) < 4.78 is 11.7. The Bertz CT molecular complexity index is 3190. The lowest BCUT2D eigenvalue weighted by Crippen LogP contribution is -2.65. The van der Waals surface area contributed by atoms with E-state index in [0.29, 0.717) is 6.42 Å². The van der Waals surface area contributed by atoms with Crippen LogP contribution in [0.25, 0.3) is 0 Å². The molecule has 2 rings (SSSR count). The molecular weight excluding hydrogens is 1460 g/mol. The predicted octanol–water partition coefficient (Wildman–Crippen LogP) is -5.51. The van der Waals surface area contributed by atoms with Crippen LogP contribution in [-0.4, -0.2) is 267 Å². The summed E-state index contributed by atoms with van der Waals surface area (Å²) in [7, 11) is 2.31. The number of nitrogens with zero attached hydrogens (tertiary/aromatic N) is 2. The van der Waals surface area contributed by atoms with Crippen LogP contribution >= 0.6 is 0 Å². The van der Waals surface area contributed by atoms with Gasteiger partial charge in [-0.15, -0.1) is 0 Å². The van der Waals surface area contributed by atoms with Crippen LogP contribution in [0.1, 0.15) is 173 Å². The van der Waals surface area contributed by atoms with Crippen molar-refractivity contribution in [2.45, 2.75) is 270 Å². The highest BCUT2D eigenvalue weighted by Gasteiger charge is 2.48. The van der Waals surface area contributed by atoms with Gasteiger partial charge in [-0.1, -0.05) is 82.6 Å². The van der Waals surface area contributed by atoms with Crippen LogP contribution in [0.4, 0.5) is 0 Å². The lowest BCUT2D eigenvalue weighted by atomic mass is 9.83. The number of carboxylic acids is 1. The third-order valence-electron chi connectivity index (χ3n) is 21.2. The number of amides is 14. The summed E-state index contributed by atoms with van der Waals surface area (Å²) >= 11 is 0. The van der Waals surface area contributed by atoms with E-state index in [0.717, 1.165) is 24.0 Å². The number of nitrogens with two attached hydrogens (primary N) is 5. The van der Waals surface area contributed by atoms with Gasteiger partial charge < -0.3 is 121 Å². The molecule has 22 atom stereocenters. The molecule has 111 heavy (non-hydrogen) atoms. The smallest absolute Gasteiger partial charge is 0.329 e. The van der Waals surface area contributed by atoms with Crippen LogP contribution in [0.2, 0.25) is 0 Å². The van der Waals surface area contributed by atoms with Crippen LogP contribution in [-0.2, 0) is 86.2 Å². The number of carbonyl (C=O) groups excluding carboxylic acids is 15. The van der Waals surface area contributed by atoms with Crippen LogP contribution in [0.3, 0.4) is 0 Å². The Balaban J connectivity index is 3.13. The third kappa shape index (κ3) is 30.0. The molecule has 0 aromatic carbocycles. The number of aliphatic carboxylic acids is 1. The van der Waals surface area contributed by atoms with Gasteiger partial charge in [0.25, 0.3) is 5.91 Å². The van der Waals surface area contributed by atoms with E-state index in [1.165, 1.54) is 34.6 Å². The Kier molecular flexibility index (Phi) is 42.1. The molecule has 39 nitrogen and oxygen atoms in total. The van der Waals surface area contributed by atoms with Gasteiger partial charge in [-0.2, -0.15) is 0 Å². The molecule has 39 heteroatoms. The number of rotatable bonds is 38. The summed E-state index contributed by atoms with van der Waals surface area (Å²) in [5.41, 5.74) is 28.5. The number of carboxylic acid groups (broad SMARTS) is 1. The first-order chi connectivity index (χ1) is 51.9. The second kappa shape index (κ2) is 47.6. The van der Waals surface area contributed by atoms with Crippen molar-refractivity contribution in [3.63, 3.8) is 0 Å². The van der Waals surface area contributed by atoms with E-state index < -0.39 is 266 Å². The molecule has 0 spiro atoms. The topological polar surface area (TPSA) is 638 Å². The zero-order valence-corrected chi connectivity index (χ0v) is 66.5. The molecule has 24 N–H and O–H groups in total. The number of esters is 1. The Morgan fingerprint density at radius 3 is 1.76 bits per heavy atom. The van der Waals surface area contributed by atoms with Crippen molar-refractivity contribution in [1.82, 2.24) is 57.7 Å². The minimum absolute atomic E-state index is 0.00268. The number of aliphatic hydroxyl groups excluding tert-OH is 4. The fourth-order valence-corrected chi connectivity index (χ4v) is 12.9. The van der Waals surface area contributed by atoms with Crippen molar-refractivity contribution >= 4 is 94.6 Å². The van der Waals surface area contributed by atoms with Crippen LogP contribution in [0.15, 0.2) is 0 Å². The number of hydrogen-bond donors (Lipinski definition) is 19. The lowest BCUT2D eigenvalue weighted by Gasteiger charge is -2.39. The first kappa shape index (κ1) is 98.3. The molecule has 2 aliphatic heterocycles. The summed E-state index contributed by atoms with van der Waals surface area (Å²) in [4.78, 5) is 229. The summed E-state index contributed by atoms with van der Waals surface area (Å²) in [5.74, 6) is -25.4. The van der Waals surface area contributed by atoms with Crippen molar-refractivity contribution in [3.05, 3.63) is 0 Å². The number of likely N-dealkylation sites (N-methyl/N-ethyl adjacent to an activating group) is 1. The maximum Gasteiger partial charge on any atom is 0.329 e. The van der Waals surface area contributed by atoms with E-state index in [1.807, 2.05) is 13.8 Å². The highest BCUT2D eigenvalue weighted by Crippen LogP contribution is 2.29. The van der Waals surface area contributed by atoms with E-state index in [1.54, 1.807) is 34.6 Å². The number of hydrogen-bond acceptors (Lipinski definition) is 24. The number of ether oxygens (including phenoxy) is 2. The van der Waals surface area contributed by atoms with Gasteiger partial charge in [0.1, 0.15) is 72.6 Å². The molecule has 0 radical (unpaired) electrons. The standard InChI is InChI=1S/C72H126N16O23/c1-15-35(6)37(8)56(94)40(11)61(98)79-43(20-18-27-73)62(99)78-42(23-25-50(75)90)57(95)58(96)69(106)84-53(38(9)39(10)60(77)97)66(103)86-55-59(36(7)34(4)5)111-72(109)49-22-16-17-29-88(49)71(108)46(31-52(92)93)82-67(104)54(41(12)110-14)85-65(102)48(24-26-51(76)91)87(13)70(107)45(30-33(2)3)81-63(100)44(21-19-28-74)80-64(101)47(32-89)83-68(55)105/h33-49,53-59,89,94-96H,15-32,73-74H2,1-14H3,(H2,75,90)(H2,76,91)(H2,77,97)(H,78,99)(H,79,98)(H,80,101)(H,81,100)(H,82,104)(H,83,105)(H,84,106)(H,85,102)(H,86,103)(H,92,93). The second-order valence-electron chi connectivity index (χ2n) is 30.1. The number of fused-ring (bicyclic) bond motifs is 1. The van der Waals surface area contributed by atoms with E-state index in [2.05, 4.69) is 47.9 Å². The molecular formula is C72H126N16O23. The normalized spacial score (nSPS) is 24.6. The average Bonchev–Trinajstić information content (AvgIpc) is 1.01. The minimum atomic E-state index is -2.69. The summed E-state index contributed by atoms with van der Waals surface area (Å²) in [5, 5.41) is 78.1. The van der Waals surface area contributed by atoms with Gasteiger partial charge in [0.05, 0.1) is 37.2 Å². The monoisotopic (exact) mass is 1580 g/mol. The molecule has 632 valence electrons. The largest absolute Gasteiger partial charge is 0.481 e. The minimum Gasteiger partial charge on any atom is -0.481 e. The number of aliphatic hydroxyl groups is 4. The average molecular weight is 1580 g/mol. The van der Waals surface area contributed by atoms with Crippen molar-refractivity contribution < 1.29 is 112 Å². The van der Waals surface area contributed by atoms with Gasteiger partial charge >= 0.3 is 11.9 Å². The van der Waals surface area contributed by atoms with Crippen LogP contribution in [0, 0.1) is 47.3 Å². The molecule has 0 aliphatic carbocycles. The van der Waals surface area contributed by atoms with E-state index in [4.69, 9.17) is 38.1 Å². The van der Waals surface area contributed by atoms with Crippen LogP contribution in [0.5, 0.6) is 0 Å². The van der Waals surface area contributed by atoms with E-state index in [9.17, 15) is 83.1 Å². The van der Waals surface area contributed by atoms with Gasteiger partial charge in [0, 0.05) is 39.5 Å². The van der Waals surface area contributed by atoms with Crippen molar-refractivity contribution in [2.75, 3.05) is 40.4 Å². The fraction of sp³-hybridized carbons (Fsp3) is 0.778. The summed E-state index contributed by atoms with van der Waals surface area (Å²) in [6.45, 7) is 17.2. The molecule has 2 saturated heterocycles. The predicted molar refractivity (Wildman–Crippen MR) is 399 cm³/mol.